The molecule has 1 aromatic heterocycles. The van der Waals surface area contributed by atoms with Gasteiger partial charge in [-0.2, -0.15) is 0 Å². The molecule has 1 N–H and O–H groups in total. The molecule has 2 atom stereocenters. The highest BCUT2D eigenvalue weighted by Crippen LogP contribution is 2.32. The number of aryl methyl sites for hydroxylation is 1. The lowest BCUT2D eigenvalue weighted by molar-refractivity contribution is 0.223. The van der Waals surface area contributed by atoms with E-state index in [1.807, 2.05) is 6.92 Å². The third kappa shape index (κ3) is 2.38. The van der Waals surface area contributed by atoms with E-state index in [1.165, 1.54) is 12.0 Å². The summed E-state index contributed by atoms with van der Waals surface area (Å²) in [6, 6.07) is 6.84. The average Bonchev–Trinajstić information content (AvgIpc) is 2.96. The van der Waals surface area contributed by atoms with Crippen LogP contribution < -0.4 is 5.32 Å². The molecule has 102 valence electrons. The van der Waals surface area contributed by atoms with Crippen LogP contribution in [0.15, 0.2) is 22.6 Å². The molecule has 1 aliphatic heterocycles. The molecular formula is C15H21N3O. The van der Waals surface area contributed by atoms with Crippen molar-refractivity contribution in [3.63, 3.8) is 0 Å². The Morgan fingerprint density at radius 1 is 1.42 bits per heavy atom. The van der Waals surface area contributed by atoms with E-state index in [0.717, 1.165) is 30.1 Å². The van der Waals surface area contributed by atoms with E-state index in [1.54, 1.807) is 0 Å². The minimum atomic E-state index is 0.435. The van der Waals surface area contributed by atoms with Crippen LogP contribution in [-0.4, -0.2) is 37.1 Å². The van der Waals surface area contributed by atoms with Crippen molar-refractivity contribution < 1.29 is 4.42 Å². The normalized spacial score (nSPS) is 21.4. The Morgan fingerprint density at radius 3 is 2.95 bits per heavy atom. The van der Waals surface area contributed by atoms with Gasteiger partial charge in [0.1, 0.15) is 5.52 Å². The van der Waals surface area contributed by atoms with Gasteiger partial charge >= 0.3 is 0 Å². The number of rotatable bonds is 3. The minimum absolute atomic E-state index is 0.435. The molecule has 1 aliphatic rings. The predicted octanol–water partition coefficient (Wildman–Crippen LogP) is 2.35. The van der Waals surface area contributed by atoms with Gasteiger partial charge in [0, 0.05) is 13.0 Å². The lowest BCUT2D eigenvalue weighted by Crippen LogP contribution is -2.28. The molecular weight excluding hydrogens is 238 g/mol. The van der Waals surface area contributed by atoms with Gasteiger partial charge in [-0.3, -0.25) is 0 Å². The highest BCUT2D eigenvalue weighted by Gasteiger charge is 2.28. The van der Waals surface area contributed by atoms with Crippen molar-refractivity contribution in [1.82, 2.24) is 15.2 Å². The van der Waals surface area contributed by atoms with Crippen molar-refractivity contribution in [3.8, 4) is 0 Å². The number of fused-ring (bicyclic) bond motifs is 1. The Bertz CT molecular complexity index is 570. The molecule has 19 heavy (non-hydrogen) atoms. The molecule has 1 saturated heterocycles. The van der Waals surface area contributed by atoms with E-state index in [0.29, 0.717) is 12.0 Å². The number of benzene rings is 1. The Balaban J connectivity index is 1.99. The van der Waals surface area contributed by atoms with Gasteiger partial charge in [0.05, 0.1) is 0 Å². The SMILES string of the molecule is Cc1nc2ccc(C(C3CCNC3)N(C)C)cc2o1. The number of nitrogens with one attached hydrogen (secondary N) is 1. The van der Waals surface area contributed by atoms with E-state index in [2.05, 4.69) is 47.5 Å². The average molecular weight is 259 g/mol. The van der Waals surface area contributed by atoms with Gasteiger partial charge in [0.25, 0.3) is 0 Å². The number of hydrogen-bond donors (Lipinski definition) is 1. The summed E-state index contributed by atoms with van der Waals surface area (Å²) in [4.78, 5) is 6.67. The van der Waals surface area contributed by atoms with Gasteiger partial charge in [0.2, 0.25) is 0 Å². The topological polar surface area (TPSA) is 41.3 Å². The Kier molecular flexibility index (Phi) is 3.29. The number of aromatic nitrogens is 1. The van der Waals surface area contributed by atoms with Gasteiger partial charge in [-0.15, -0.1) is 0 Å². The van der Waals surface area contributed by atoms with Gasteiger partial charge in [-0.05, 0) is 57.2 Å². The van der Waals surface area contributed by atoms with Crippen LogP contribution in [0.5, 0.6) is 0 Å². The second kappa shape index (κ2) is 4.94. The lowest BCUT2D eigenvalue weighted by atomic mass is 9.91. The van der Waals surface area contributed by atoms with Crippen LogP contribution in [0.2, 0.25) is 0 Å². The summed E-state index contributed by atoms with van der Waals surface area (Å²) in [5.74, 6) is 1.40. The smallest absolute Gasteiger partial charge is 0.192 e. The van der Waals surface area contributed by atoms with Crippen molar-refractivity contribution in [2.45, 2.75) is 19.4 Å². The fourth-order valence-corrected chi connectivity index (χ4v) is 3.18. The minimum Gasteiger partial charge on any atom is -0.441 e. The maximum atomic E-state index is 5.66. The fraction of sp³-hybridized carbons (Fsp3) is 0.533. The molecule has 1 aromatic carbocycles. The number of oxazole rings is 1. The van der Waals surface area contributed by atoms with Crippen LogP contribution in [0.25, 0.3) is 11.1 Å². The molecule has 0 bridgehead atoms. The third-order valence-corrected chi connectivity index (χ3v) is 3.96. The van der Waals surface area contributed by atoms with E-state index < -0.39 is 0 Å². The number of hydrogen-bond acceptors (Lipinski definition) is 4. The van der Waals surface area contributed by atoms with Crippen LogP contribution in [0.1, 0.15) is 23.9 Å². The Labute approximate surface area is 113 Å². The van der Waals surface area contributed by atoms with Crippen LogP contribution in [-0.2, 0) is 0 Å². The molecule has 2 unspecified atom stereocenters. The zero-order valence-electron chi connectivity index (χ0n) is 11.8. The Hall–Kier alpha value is -1.39. The lowest BCUT2D eigenvalue weighted by Gasteiger charge is -2.29. The van der Waals surface area contributed by atoms with E-state index in [9.17, 15) is 0 Å². The summed E-state index contributed by atoms with van der Waals surface area (Å²) >= 11 is 0. The van der Waals surface area contributed by atoms with Gasteiger partial charge in [-0.25, -0.2) is 4.98 Å². The molecule has 0 aliphatic carbocycles. The second-order valence-corrected chi connectivity index (χ2v) is 5.62. The van der Waals surface area contributed by atoms with Crippen molar-refractivity contribution in [2.24, 2.45) is 5.92 Å². The zero-order valence-corrected chi connectivity index (χ0v) is 11.8. The van der Waals surface area contributed by atoms with E-state index >= 15 is 0 Å². The van der Waals surface area contributed by atoms with Gasteiger partial charge in [-0.1, -0.05) is 6.07 Å². The molecule has 0 amide bonds. The van der Waals surface area contributed by atoms with Gasteiger partial charge in [0.15, 0.2) is 11.5 Å². The molecule has 2 aromatic rings. The maximum absolute atomic E-state index is 5.66. The van der Waals surface area contributed by atoms with Crippen molar-refractivity contribution >= 4 is 11.1 Å². The molecule has 4 heteroatoms. The first-order chi connectivity index (χ1) is 9.15. The summed E-state index contributed by atoms with van der Waals surface area (Å²) < 4.78 is 5.66. The van der Waals surface area contributed by atoms with Crippen LogP contribution in [0.3, 0.4) is 0 Å². The Morgan fingerprint density at radius 2 is 2.26 bits per heavy atom. The largest absolute Gasteiger partial charge is 0.441 e. The van der Waals surface area contributed by atoms with Crippen LogP contribution in [0.4, 0.5) is 0 Å². The first-order valence-electron chi connectivity index (χ1n) is 6.89. The summed E-state index contributed by atoms with van der Waals surface area (Å²) in [5.41, 5.74) is 3.17. The monoisotopic (exact) mass is 259 g/mol. The standard InChI is InChI=1S/C15H21N3O/c1-10-17-13-5-4-11(8-14(13)19-10)15(18(2)3)12-6-7-16-9-12/h4-5,8,12,15-16H,6-7,9H2,1-3H3. The molecule has 2 heterocycles. The zero-order chi connectivity index (χ0) is 13.4. The highest BCUT2D eigenvalue weighted by atomic mass is 16.3. The van der Waals surface area contributed by atoms with Crippen molar-refractivity contribution in [3.05, 3.63) is 29.7 Å². The summed E-state index contributed by atoms with van der Waals surface area (Å²) in [7, 11) is 4.30. The molecule has 0 radical (unpaired) electrons. The second-order valence-electron chi connectivity index (χ2n) is 5.62. The summed E-state index contributed by atoms with van der Waals surface area (Å²) in [5, 5.41) is 3.46. The first kappa shape index (κ1) is 12.6. The number of nitrogens with zero attached hydrogens (tertiary/aromatic N) is 2. The summed E-state index contributed by atoms with van der Waals surface area (Å²) in [6.45, 7) is 4.11. The molecule has 0 spiro atoms. The molecule has 3 rings (SSSR count). The van der Waals surface area contributed by atoms with E-state index in [4.69, 9.17) is 4.42 Å². The van der Waals surface area contributed by atoms with Gasteiger partial charge < -0.3 is 14.6 Å². The maximum Gasteiger partial charge on any atom is 0.192 e. The quantitative estimate of drug-likeness (QED) is 0.918. The fourth-order valence-electron chi connectivity index (χ4n) is 3.18. The molecule has 1 fully saturated rings. The summed E-state index contributed by atoms with van der Waals surface area (Å²) in [6.07, 6.45) is 1.23. The molecule has 0 saturated carbocycles. The van der Waals surface area contributed by atoms with E-state index in [-0.39, 0.29) is 0 Å². The molecule has 4 nitrogen and oxygen atoms in total. The van der Waals surface area contributed by atoms with Crippen LogP contribution >= 0.6 is 0 Å². The van der Waals surface area contributed by atoms with Crippen molar-refractivity contribution in [2.75, 3.05) is 27.2 Å². The highest BCUT2D eigenvalue weighted by molar-refractivity contribution is 5.73. The van der Waals surface area contributed by atoms with Crippen LogP contribution in [0, 0.1) is 12.8 Å². The predicted molar refractivity (Wildman–Crippen MR) is 76.2 cm³/mol. The first-order valence-corrected chi connectivity index (χ1v) is 6.89. The van der Waals surface area contributed by atoms with Crippen molar-refractivity contribution in [1.29, 1.82) is 0 Å². The third-order valence-electron chi connectivity index (χ3n) is 3.96.